The van der Waals surface area contributed by atoms with E-state index < -0.39 is 0 Å². The van der Waals surface area contributed by atoms with E-state index in [1.165, 1.54) is 6.07 Å². The third kappa shape index (κ3) is 2.30. The summed E-state index contributed by atoms with van der Waals surface area (Å²) in [5, 5.41) is 3.43. The van der Waals surface area contributed by atoms with Crippen molar-refractivity contribution in [2.24, 2.45) is 0 Å². The highest BCUT2D eigenvalue weighted by molar-refractivity contribution is 6.31. The van der Waals surface area contributed by atoms with Crippen LogP contribution in [0.1, 0.15) is 30.9 Å². The number of nitrogens with one attached hydrogen (secondary N) is 1. The van der Waals surface area contributed by atoms with Crippen molar-refractivity contribution < 1.29 is 9.13 Å². The summed E-state index contributed by atoms with van der Waals surface area (Å²) < 4.78 is 19.0. The number of halogens is 2. The quantitative estimate of drug-likeness (QED) is 0.861. The normalized spacial score (nSPS) is 20.8. The molecule has 1 aromatic rings. The first-order valence-electron chi connectivity index (χ1n) is 5.48. The molecular formula is C12H15ClFNO. The van der Waals surface area contributed by atoms with Gasteiger partial charge in [-0.2, -0.15) is 0 Å². The molecule has 1 heterocycles. The SMILES string of the molecule is COc1cc(Cl)c(F)c(C2CCCCN2)c1. The first-order chi connectivity index (χ1) is 7.72. The smallest absolute Gasteiger partial charge is 0.146 e. The van der Waals surface area contributed by atoms with E-state index in [2.05, 4.69) is 5.32 Å². The zero-order chi connectivity index (χ0) is 11.5. The van der Waals surface area contributed by atoms with E-state index in [-0.39, 0.29) is 16.9 Å². The van der Waals surface area contributed by atoms with Gasteiger partial charge >= 0.3 is 0 Å². The van der Waals surface area contributed by atoms with E-state index in [1.54, 1.807) is 13.2 Å². The van der Waals surface area contributed by atoms with Gasteiger partial charge in [0, 0.05) is 17.7 Å². The average Bonchev–Trinajstić information content (AvgIpc) is 2.33. The van der Waals surface area contributed by atoms with Gasteiger partial charge in [0.15, 0.2) is 0 Å². The minimum Gasteiger partial charge on any atom is -0.497 e. The number of methoxy groups -OCH3 is 1. The number of rotatable bonds is 2. The highest BCUT2D eigenvalue weighted by Gasteiger charge is 2.20. The number of benzene rings is 1. The van der Waals surface area contributed by atoms with Crippen LogP contribution in [0.4, 0.5) is 4.39 Å². The maximum Gasteiger partial charge on any atom is 0.146 e. The Labute approximate surface area is 99.7 Å². The molecule has 0 spiro atoms. The topological polar surface area (TPSA) is 21.3 Å². The molecule has 88 valence electrons. The fourth-order valence-corrected chi connectivity index (χ4v) is 2.29. The van der Waals surface area contributed by atoms with Crippen LogP contribution in [0.5, 0.6) is 5.75 Å². The van der Waals surface area contributed by atoms with Crippen molar-refractivity contribution in [1.82, 2.24) is 5.32 Å². The average molecular weight is 244 g/mol. The second kappa shape index (κ2) is 5.02. The van der Waals surface area contributed by atoms with Gasteiger partial charge in [0.05, 0.1) is 12.1 Å². The van der Waals surface area contributed by atoms with Gasteiger partial charge in [0.1, 0.15) is 11.6 Å². The summed E-state index contributed by atoms with van der Waals surface area (Å²) in [5.74, 6) is 0.274. The minimum atomic E-state index is -0.332. The van der Waals surface area contributed by atoms with Crippen LogP contribution in [0.2, 0.25) is 5.02 Å². The molecule has 1 fully saturated rings. The Morgan fingerprint density at radius 1 is 1.44 bits per heavy atom. The second-order valence-corrected chi connectivity index (χ2v) is 4.42. The van der Waals surface area contributed by atoms with E-state index in [0.29, 0.717) is 11.3 Å². The van der Waals surface area contributed by atoms with Crippen LogP contribution < -0.4 is 10.1 Å². The molecule has 0 saturated carbocycles. The predicted molar refractivity (Wildman–Crippen MR) is 62.6 cm³/mol. The van der Waals surface area contributed by atoms with Gasteiger partial charge in [-0.3, -0.25) is 0 Å². The Hall–Kier alpha value is -0.800. The summed E-state index contributed by atoms with van der Waals surface area (Å²) in [7, 11) is 1.56. The molecule has 0 bridgehead atoms. The minimum absolute atomic E-state index is 0.0568. The first-order valence-corrected chi connectivity index (χ1v) is 5.86. The molecule has 0 aliphatic carbocycles. The zero-order valence-corrected chi connectivity index (χ0v) is 9.98. The van der Waals surface area contributed by atoms with E-state index in [9.17, 15) is 4.39 Å². The van der Waals surface area contributed by atoms with Crippen molar-refractivity contribution in [1.29, 1.82) is 0 Å². The summed E-state index contributed by atoms with van der Waals surface area (Å²) in [6, 6.07) is 3.29. The lowest BCUT2D eigenvalue weighted by atomic mass is 9.97. The third-order valence-corrected chi connectivity index (χ3v) is 3.23. The van der Waals surface area contributed by atoms with Crippen LogP contribution >= 0.6 is 11.6 Å². The van der Waals surface area contributed by atoms with Crippen LogP contribution in [0, 0.1) is 5.82 Å². The highest BCUT2D eigenvalue weighted by Crippen LogP contribution is 2.32. The van der Waals surface area contributed by atoms with Crippen molar-refractivity contribution >= 4 is 11.6 Å². The number of hydrogen-bond donors (Lipinski definition) is 1. The molecule has 0 aromatic heterocycles. The molecule has 2 nitrogen and oxygen atoms in total. The molecule has 0 amide bonds. The maximum absolute atomic E-state index is 13.9. The predicted octanol–water partition coefficient (Wildman–Crippen LogP) is 3.30. The van der Waals surface area contributed by atoms with Gasteiger partial charge in [0.25, 0.3) is 0 Å². The molecule has 1 aliphatic heterocycles. The lowest BCUT2D eigenvalue weighted by molar-refractivity contribution is 0.389. The van der Waals surface area contributed by atoms with Gasteiger partial charge in [-0.15, -0.1) is 0 Å². The van der Waals surface area contributed by atoms with Crippen molar-refractivity contribution in [3.8, 4) is 5.75 Å². The van der Waals surface area contributed by atoms with E-state index >= 15 is 0 Å². The molecule has 16 heavy (non-hydrogen) atoms. The molecular weight excluding hydrogens is 229 g/mol. The van der Waals surface area contributed by atoms with Gasteiger partial charge in [-0.05, 0) is 25.5 Å². The summed E-state index contributed by atoms with van der Waals surface area (Å²) >= 11 is 5.83. The molecule has 4 heteroatoms. The Kier molecular flexibility index (Phi) is 3.66. The Morgan fingerprint density at radius 3 is 2.88 bits per heavy atom. The number of ether oxygens (including phenoxy) is 1. The number of piperidine rings is 1. The van der Waals surface area contributed by atoms with E-state index in [1.807, 2.05) is 0 Å². The molecule has 1 aromatic carbocycles. The second-order valence-electron chi connectivity index (χ2n) is 4.01. The molecule has 0 radical (unpaired) electrons. The molecule has 1 aliphatic rings. The van der Waals surface area contributed by atoms with Gasteiger partial charge < -0.3 is 10.1 Å². The summed E-state index contributed by atoms with van der Waals surface area (Å²) in [5.41, 5.74) is 0.615. The standard InChI is InChI=1S/C12H15ClFNO/c1-16-8-6-9(12(14)10(13)7-8)11-4-2-3-5-15-11/h6-7,11,15H,2-5H2,1H3. The molecule has 1 saturated heterocycles. The molecule has 2 rings (SSSR count). The Bertz CT molecular complexity index is 378. The van der Waals surface area contributed by atoms with Crippen molar-refractivity contribution in [2.75, 3.05) is 13.7 Å². The van der Waals surface area contributed by atoms with Crippen molar-refractivity contribution in [2.45, 2.75) is 25.3 Å². The number of hydrogen-bond acceptors (Lipinski definition) is 2. The maximum atomic E-state index is 13.9. The van der Waals surface area contributed by atoms with Crippen LogP contribution in [0.3, 0.4) is 0 Å². The Morgan fingerprint density at radius 2 is 2.25 bits per heavy atom. The van der Waals surface area contributed by atoms with Gasteiger partial charge in [0.2, 0.25) is 0 Å². The summed E-state index contributed by atoms with van der Waals surface area (Å²) in [6.07, 6.45) is 3.21. The third-order valence-electron chi connectivity index (χ3n) is 2.95. The lowest BCUT2D eigenvalue weighted by Gasteiger charge is -2.24. The fraction of sp³-hybridized carbons (Fsp3) is 0.500. The highest BCUT2D eigenvalue weighted by atomic mass is 35.5. The first kappa shape index (κ1) is 11.7. The van der Waals surface area contributed by atoms with Crippen LogP contribution in [0.25, 0.3) is 0 Å². The van der Waals surface area contributed by atoms with Gasteiger partial charge in [-0.1, -0.05) is 18.0 Å². The largest absolute Gasteiger partial charge is 0.497 e. The summed E-state index contributed by atoms with van der Waals surface area (Å²) in [4.78, 5) is 0. The summed E-state index contributed by atoms with van der Waals surface area (Å²) in [6.45, 7) is 0.929. The van der Waals surface area contributed by atoms with Crippen LogP contribution in [-0.2, 0) is 0 Å². The lowest BCUT2D eigenvalue weighted by Crippen LogP contribution is -2.27. The van der Waals surface area contributed by atoms with E-state index in [4.69, 9.17) is 16.3 Å². The van der Waals surface area contributed by atoms with Gasteiger partial charge in [-0.25, -0.2) is 4.39 Å². The fourth-order valence-electron chi connectivity index (χ4n) is 2.07. The van der Waals surface area contributed by atoms with Crippen molar-refractivity contribution in [3.05, 3.63) is 28.5 Å². The Balaban J connectivity index is 2.33. The van der Waals surface area contributed by atoms with Crippen molar-refractivity contribution in [3.63, 3.8) is 0 Å². The van der Waals surface area contributed by atoms with Crippen LogP contribution in [-0.4, -0.2) is 13.7 Å². The molecule has 1 N–H and O–H groups in total. The monoisotopic (exact) mass is 243 g/mol. The van der Waals surface area contributed by atoms with E-state index in [0.717, 1.165) is 25.8 Å². The van der Waals surface area contributed by atoms with Crippen LogP contribution in [0.15, 0.2) is 12.1 Å². The molecule has 1 atom stereocenters. The molecule has 1 unspecified atom stereocenters. The zero-order valence-electron chi connectivity index (χ0n) is 9.22.